The molecule has 0 saturated carbocycles. The van der Waals surface area contributed by atoms with Crippen molar-refractivity contribution in [3.05, 3.63) is 23.6 Å². The van der Waals surface area contributed by atoms with Crippen molar-refractivity contribution in [2.75, 3.05) is 6.61 Å². The first-order valence-electron chi connectivity index (χ1n) is 5.55. The zero-order chi connectivity index (χ0) is 12.8. The Kier molecular flexibility index (Phi) is 6.04. The summed E-state index contributed by atoms with van der Waals surface area (Å²) in [6.07, 6.45) is 2.59. The van der Waals surface area contributed by atoms with E-state index in [1.54, 1.807) is 6.21 Å². The van der Waals surface area contributed by atoms with Gasteiger partial charge in [0.25, 0.3) is 0 Å². The maximum absolute atomic E-state index is 9.11. The van der Waals surface area contributed by atoms with E-state index in [-0.39, 0.29) is 6.61 Å². The number of ether oxygens (including phenoxy) is 1. The van der Waals surface area contributed by atoms with Crippen molar-refractivity contribution in [2.24, 2.45) is 4.99 Å². The summed E-state index contributed by atoms with van der Waals surface area (Å²) in [5.74, 6) is 0.571. The first-order valence-corrected chi connectivity index (χ1v) is 5.55. The quantitative estimate of drug-likeness (QED) is 0.429. The second-order valence-corrected chi connectivity index (χ2v) is 4.26. The van der Waals surface area contributed by atoms with E-state index in [1.807, 2.05) is 34.6 Å². The molecule has 92 valence electrons. The van der Waals surface area contributed by atoms with Gasteiger partial charge in [-0.1, -0.05) is 13.5 Å². The summed E-state index contributed by atoms with van der Waals surface area (Å²) in [6.45, 7) is 13.3. The monoisotopic (exact) mass is 225 g/mol. The summed E-state index contributed by atoms with van der Waals surface area (Å²) in [5.41, 5.74) is 1.29. The summed E-state index contributed by atoms with van der Waals surface area (Å²) >= 11 is 0. The predicted octanol–water partition coefficient (Wildman–Crippen LogP) is 3.06. The van der Waals surface area contributed by atoms with Crippen molar-refractivity contribution in [1.82, 2.24) is 0 Å². The highest BCUT2D eigenvalue weighted by atomic mass is 16.5. The van der Waals surface area contributed by atoms with Crippen molar-refractivity contribution in [1.29, 1.82) is 0 Å². The molecule has 0 saturated heterocycles. The fraction of sp³-hybridized carbons (Fsp3) is 0.615. The summed E-state index contributed by atoms with van der Waals surface area (Å²) < 4.78 is 5.60. The van der Waals surface area contributed by atoms with Crippen molar-refractivity contribution in [3.8, 4) is 0 Å². The van der Waals surface area contributed by atoms with Crippen LogP contribution in [0, 0.1) is 0 Å². The van der Waals surface area contributed by atoms with Crippen molar-refractivity contribution < 1.29 is 9.84 Å². The molecule has 0 bridgehead atoms. The van der Waals surface area contributed by atoms with Gasteiger partial charge >= 0.3 is 0 Å². The maximum atomic E-state index is 9.11. The van der Waals surface area contributed by atoms with Crippen LogP contribution in [0.1, 0.15) is 41.0 Å². The fourth-order valence-corrected chi connectivity index (χ4v) is 1.21. The standard InChI is InChI=1S/C13H23NO2/c1-7-12(14-8-2)10(3)11(4)16-13(5,6)9-15/h8,15H,4,7,9H2,1-3,5-6H3/b12-10+,14-8?. The van der Waals surface area contributed by atoms with Gasteiger partial charge in [-0.05, 0) is 34.1 Å². The zero-order valence-electron chi connectivity index (χ0n) is 11.0. The van der Waals surface area contributed by atoms with Gasteiger partial charge in [-0.3, -0.25) is 4.99 Å². The second-order valence-electron chi connectivity index (χ2n) is 4.26. The number of aliphatic hydroxyl groups excluding tert-OH is 1. The van der Waals surface area contributed by atoms with Crippen LogP contribution in [0.4, 0.5) is 0 Å². The van der Waals surface area contributed by atoms with E-state index in [1.165, 1.54) is 0 Å². The van der Waals surface area contributed by atoms with E-state index in [2.05, 4.69) is 11.6 Å². The van der Waals surface area contributed by atoms with Gasteiger partial charge in [0, 0.05) is 17.5 Å². The summed E-state index contributed by atoms with van der Waals surface area (Å²) in [6, 6.07) is 0. The largest absolute Gasteiger partial charge is 0.486 e. The van der Waals surface area contributed by atoms with E-state index in [0.717, 1.165) is 17.7 Å². The molecular weight excluding hydrogens is 202 g/mol. The molecule has 3 nitrogen and oxygen atoms in total. The lowest BCUT2D eigenvalue weighted by atomic mass is 10.1. The number of rotatable bonds is 6. The van der Waals surface area contributed by atoms with Crippen LogP contribution < -0.4 is 0 Å². The minimum atomic E-state index is -0.604. The Balaban J connectivity index is 4.84. The molecule has 0 atom stereocenters. The molecule has 0 fully saturated rings. The molecule has 0 heterocycles. The van der Waals surface area contributed by atoms with Crippen LogP contribution >= 0.6 is 0 Å². The third kappa shape index (κ3) is 4.62. The third-order valence-corrected chi connectivity index (χ3v) is 2.25. The van der Waals surface area contributed by atoms with Crippen molar-refractivity contribution in [2.45, 2.75) is 46.6 Å². The van der Waals surface area contributed by atoms with Gasteiger partial charge in [0.1, 0.15) is 11.4 Å². The van der Waals surface area contributed by atoms with Crippen LogP contribution in [0.2, 0.25) is 0 Å². The van der Waals surface area contributed by atoms with Gasteiger partial charge in [0.15, 0.2) is 0 Å². The van der Waals surface area contributed by atoms with Gasteiger partial charge in [-0.2, -0.15) is 0 Å². The Morgan fingerprint density at radius 3 is 2.44 bits per heavy atom. The van der Waals surface area contributed by atoms with Crippen molar-refractivity contribution >= 4 is 6.21 Å². The third-order valence-electron chi connectivity index (χ3n) is 2.25. The Labute approximate surface area is 98.5 Å². The highest BCUT2D eigenvalue weighted by Crippen LogP contribution is 2.22. The van der Waals surface area contributed by atoms with Gasteiger partial charge in [-0.25, -0.2) is 0 Å². The molecule has 0 spiro atoms. The van der Waals surface area contributed by atoms with E-state index >= 15 is 0 Å². The van der Waals surface area contributed by atoms with Crippen LogP contribution in [0.25, 0.3) is 0 Å². The molecule has 16 heavy (non-hydrogen) atoms. The van der Waals surface area contributed by atoms with E-state index in [0.29, 0.717) is 5.76 Å². The molecule has 0 aromatic carbocycles. The summed E-state index contributed by atoms with van der Waals surface area (Å²) in [7, 11) is 0. The highest BCUT2D eigenvalue weighted by molar-refractivity contribution is 5.56. The van der Waals surface area contributed by atoms with Gasteiger partial charge in [-0.15, -0.1) is 0 Å². The number of aliphatic imine (C=N–C) groups is 1. The molecule has 0 aliphatic rings. The Bertz CT molecular complexity index is 301. The molecule has 0 rings (SSSR count). The number of aliphatic hydroxyl groups is 1. The maximum Gasteiger partial charge on any atom is 0.126 e. The fourth-order valence-electron chi connectivity index (χ4n) is 1.21. The summed E-state index contributed by atoms with van der Waals surface area (Å²) in [5, 5.41) is 9.11. The van der Waals surface area contributed by atoms with Gasteiger partial charge < -0.3 is 9.84 Å². The number of allylic oxidation sites excluding steroid dienone is 2. The lowest BCUT2D eigenvalue weighted by Gasteiger charge is -2.26. The Morgan fingerprint density at radius 2 is 2.06 bits per heavy atom. The Morgan fingerprint density at radius 1 is 1.50 bits per heavy atom. The first-order chi connectivity index (χ1) is 7.37. The molecule has 0 aromatic rings. The van der Waals surface area contributed by atoms with Crippen LogP contribution in [0.15, 0.2) is 28.6 Å². The number of hydrogen-bond donors (Lipinski definition) is 1. The van der Waals surface area contributed by atoms with Crippen molar-refractivity contribution in [3.63, 3.8) is 0 Å². The van der Waals surface area contributed by atoms with Crippen LogP contribution in [-0.4, -0.2) is 23.5 Å². The highest BCUT2D eigenvalue weighted by Gasteiger charge is 2.20. The SMILES string of the molecule is C=C(OC(C)(C)CO)/C(C)=C(\CC)N=CC. The molecular formula is C13H23NO2. The average Bonchev–Trinajstić information content (AvgIpc) is 2.24. The van der Waals surface area contributed by atoms with E-state index in [4.69, 9.17) is 9.84 Å². The number of nitrogens with zero attached hydrogens (tertiary/aromatic N) is 1. The molecule has 0 unspecified atom stereocenters. The summed E-state index contributed by atoms with van der Waals surface area (Å²) in [4.78, 5) is 4.27. The molecule has 0 aliphatic heterocycles. The second kappa shape index (κ2) is 6.48. The molecule has 3 heteroatoms. The topological polar surface area (TPSA) is 41.8 Å². The zero-order valence-corrected chi connectivity index (χ0v) is 11.0. The average molecular weight is 225 g/mol. The molecule has 0 amide bonds. The first kappa shape index (κ1) is 14.9. The number of hydrogen-bond acceptors (Lipinski definition) is 3. The molecule has 0 aliphatic carbocycles. The van der Waals surface area contributed by atoms with Crippen LogP contribution in [0.5, 0.6) is 0 Å². The minimum absolute atomic E-state index is 0.0438. The normalized spacial score (nSPS) is 13.9. The molecule has 1 N–H and O–H groups in total. The van der Waals surface area contributed by atoms with E-state index in [9.17, 15) is 0 Å². The molecule has 0 aromatic heterocycles. The lowest BCUT2D eigenvalue weighted by molar-refractivity contribution is -0.00897. The smallest absolute Gasteiger partial charge is 0.126 e. The predicted molar refractivity (Wildman–Crippen MR) is 68.5 cm³/mol. The van der Waals surface area contributed by atoms with Gasteiger partial charge in [0.05, 0.1) is 6.61 Å². The van der Waals surface area contributed by atoms with Gasteiger partial charge in [0.2, 0.25) is 0 Å². The molecule has 0 radical (unpaired) electrons. The van der Waals surface area contributed by atoms with E-state index < -0.39 is 5.60 Å². The van der Waals surface area contributed by atoms with Crippen LogP contribution in [-0.2, 0) is 4.74 Å². The Hall–Kier alpha value is -1.09. The lowest BCUT2D eigenvalue weighted by Crippen LogP contribution is -2.28. The van der Waals surface area contributed by atoms with Crippen LogP contribution in [0.3, 0.4) is 0 Å². The minimum Gasteiger partial charge on any atom is -0.486 e.